The number of urea groups is 1. The number of pyridine rings is 1. The van der Waals surface area contributed by atoms with E-state index in [0.29, 0.717) is 12.2 Å². The zero-order valence-electron chi connectivity index (χ0n) is 9.23. The Bertz CT molecular complexity index is 431. The second-order valence-corrected chi connectivity index (χ2v) is 3.25. The summed E-state index contributed by atoms with van der Waals surface area (Å²) in [5.74, 6) is 0.0319. The van der Waals surface area contributed by atoms with E-state index in [2.05, 4.69) is 4.98 Å². The Labute approximate surface area is 93.2 Å². The van der Waals surface area contributed by atoms with E-state index in [9.17, 15) is 9.59 Å². The smallest absolute Gasteiger partial charge is 0.320 e. The lowest BCUT2D eigenvalue weighted by atomic mass is 10.2. The van der Waals surface area contributed by atoms with E-state index in [-0.39, 0.29) is 17.3 Å². The fraction of sp³-hybridized carbons (Fsp3) is 0.300. The highest BCUT2D eigenvalue weighted by molar-refractivity contribution is 5.96. The minimum Gasteiger partial charge on any atom is -0.396 e. The van der Waals surface area contributed by atoms with Crippen molar-refractivity contribution in [1.29, 1.82) is 0 Å². The van der Waals surface area contributed by atoms with Gasteiger partial charge in [-0.05, 0) is 19.1 Å². The van der Waals surface area contributed by atoms with Crippen molar-refractivity contribution in [3.8, 4) is 0 Å². The van der Waals surface area contributed by atoms with Gasteiger partial charge in [-0.15, -0.1) is 0 Å². The summed E-state index contributed by atoms with van der Waals surface area (Å²) < 4.78 is 0. The number of nitrogen functional groups attached to an aromatic ring is 1. The minimum atomic E-state index is -0.651. The predicted octanol–water partition coefficient (Wildman–Crippen LogP) is 0.771. The van der Waals surface area contributed by atoms with Crippen molar-refractivity contribution in [2.45, 2.75) is 13.8 Å². The number of primary amides is 1. The van der Waals surface area contributed by atoms with Crippen LogP contribution in [0.5, 0.6) is 0 Å². The van der Waals surface area contributed by atoms with Gasteiger partial charge in [-0.2, -0.15) is 0 Å². The minimum absolute atomic E-state index is 0.193. The van der Waals surface area contributed by atoms with Crippen LogP contribution in [-0.4, -0.2) is 23.3 Å². The number of nitrogens with zero attached hydrogens (tertiary/aromatic N) is 2. The van der Waals surface area contributed by atoms with Crippen molar-refractivity contribution < 1.29 is 9.59 Å². The average Bonchev–Trinajstić information content (AvgIpc) is 2.20. The number of ketones is 1. The van der Waals surface area contributed by atoms with Gasteiger partial charge in [0.1, 0.15) is 5.69 Å². The first-order valence-electron chi connectivity index (χ1n) is 4.81. The highest BCUT2D eigenvalue weighted by atomic mass is 16.2. The van der Waals surface area contributed by atoms with E-state index < -0.39 is 6.03 Å². The van der Waals surface area contributed by atoms with Gasteiger partial charge in [-0.1, -0.05) is 0 Å². The van der Waals surface area contributed by atoms with Gasteiger partial charge in [0.15, 0.2) is 11.6 Å². The van der Waals surface area contributed by atoms with Gasteiger partial charge in [-0.25, -0.2) is 9.78 Å². The third-order valence-corrected chi connectivity index (χ3v) is 2.10. The number of carbonyl (C=O) groups is 2. The molecule has 6 nitrogen and oxygen atoms in total. The summed E-state index contributed by atoms with van der Waals surface area (Å²) in [6.45, 7) is 3.48. The molecule has 0 saturated carbocycles. The molecule has 16 heavy (non-hydrogen) atoms. The number of anilines is 2. The molecule has 0 aromatic carbocycles. The van der Waals surface area contributed by atoms with Crippen molar-refractivity contribution in [3.05, 3.63) is 17.8 Å². The quantitative estimate of drug-likeness (QED) is 0.737. The molecule has 1 rings (SSSR count). The molecule has 0 radical (unpaired) electrons. The van der Waals surface area contributed by atoms with E-state index >= 15 is 0 Å². The van der Waals surface area contributed by atoms with E-state index in [1.807, 2.05) is 0 Å². The highest BCUT2D eigenvalue weighted by Crippen LogP contribution is 2.20. The van der Waals surface area contributed by atoms with Crippen LogP contribution < -0.4 is 16.4 Å². The Balaban J connectivity index is 3.25. The van der Waals surface area contributed by atoms with E-state index in [1.54, 1.807) is 6.92 Å². The normalized spacial score (nSPS) is 9.88. The molecule has 0 aliphatic carbocycles. The summed E-state index contributed by atoms with van der Waals surface area (Å²) in [5.41, 5.74) is 11.4. The van der Waals surface area contributed by atoms with Gasteiger partial charge in [0.2, 0.25) is 0 Å². The van der Waals surface area contributed by atoms with Crippen LogP contribution >= 0.6 is 0 Å². The molecule has 6 heteroatoms. The van der Waals surface area contributed by atoms with Crippen LogP contribution in [0, 0.1) is 0 Å². The molecule has 0 saturated heterocycles. The molecule has 0 unspecified atom stereocenters. The fourth-order valence-electron chi connectivity index (χ4n) is 1.28. The van der Waals surface area contributed by atoms with Crippen LogP contribution in [0.1, 0.15) is 24.3 Å². The topological polar surface area (TPSA) is 102 Å². The maximum Gasteiger partial charge on any atom is 0.320 e. The van der Waals surface area contributed by atoms with E-state index in [1.165, 1.54) is 24.0 Å². The zero-order chi connectivity index (χ0) is 12.3. The lowest BCUT2D eigenvalue weighted by Crippen LogP contribution is -2.36. The molecule has 0 fully saturated rings. The van der Waals surface area contributed by atoms with E-state index in [4.69, 9.17) is 11.5 Å². The van der Waals surface area contributed by atoms with E-state index in [0.717, 1.165) is 0 Å². The number of hydrogen-bond donors (Lipinski definition) is 2. The van der Waals surface area contributed by atoms with Crippen molar-refractivity contribution >= 4 is 23.3 Å². The number of amides is 2. The molecule has 0 spiro atoms. The average molecular weight is 222 g/mol. The summed E-state index contributed by atoms with van der Waals surface area (Å²) in [7, 11) is 0. The van der Waals surface area contributed by atoms with Crippen LogP contribution in [0.25, 0.3) is 0 Å². The Morgan fingerprint density at radius 1 is 1.44 bits per heavy atom. The molecule has 0 bridgehead atoms. The Morgan fingerprint density at radius 2 is 2.06 bits per heavy atom. The maximum atomic E-state index is 11.2. The van der Waals surface area contributed by atoms with Crippen molar-refractivity contribution in [2.75, 3.05) is 17.2 Å². The largest absolute Gasteiger partial charge is 0.396 e. The van der Waals surface area contributed by atoms with Crippen molar-refractivity contribution in [2.24, 2.45) is 5.73 Å². The SMILES string of the molecule is CCN(C(N)=O)c1nc(C(C)=O)ccc1N. The molecular weight excluding hydrogens is 208 g/mol. The Hall–Kier alpha value is -2.11. The van der Waals surface area contributed by atoms with Crippen molar-refractivity contribution in [1.82, 2.24) is 4.98 Å². The second-order valence-electron chi connectivity index (χ2n) is 3.25. The van der Waals surface area contributed by atoms with Gasteiger partial charge < -0.3 is 11.5 Å². The molecule has 4 N–H and O–H groups in total. The number of aromatic nitrogens is 1. The third-order valence-electron chi connectivity index (χ3n) is 2.10. The molecule has 1 aromatic rings. The first-order chi connectivity index (χ1) is 7.47. The summed E-state index contributed by atoms with van der Waals surface area (Å²) in [6, 6.07) is 2.39. The van der Waals surface area contributed by atoms with Crippen LogP contribution in [0.15, 0.2) is 12.1 Å². The van der Waals surface area contributed by atoms with Gasteiger partial charge in [0, 0.05) is 13.5 Å². The number of nitrogens with two attached hydrogens (primary N) is 2. The van der Waals surface area contributed by atoms with Crippen LogP contribution in [0.4, 0.5) is 16.3 Å². The molecular formula is C10H14N4O2. The Kier molecular flexibility index (Phi) is 3.44. The monoisotopic (exact) mass is 222 g/mol. The summed E-state index contributed by atoms with van der Waals surface area (Å²) in [5, 5.41) is 0. The summed E-state index contributed by atoms with van der Waals surface area (Å²) in [4.78, 5) is 27.5. The van der Waals surface area contributed by atoms with Gasteiger partial charge in [0.25, 0.3) is 0 Å². The molecule has 0 atom stereocenters. The molecule has 1 heterocycles. The van der Waals surface area contributed by atoms with Gasteiger partial charge >= 0.3 is 6.03 Å². The van der Waals surface area contributed by atoms with Crippen LogP contribution in [0.2, 0.25) is 0 Å². The first-order valence-corrected chi connectivity index (χ1v) is 4.81. The van der Waals surface area contributed by atoms with Crippen LogP contribution in [-0.2, 0) is 0 Å². The number of hydrogen-bond acceptors (Lipinski definition) is 4. The molecule has 1 aromatic heterocycles. The van der Waals surface area contributed by atoms with Crippen molar-refractivity contribution in [3.63, 3.8) is 0 Å². The molecule has 86 valence electrons. The van der Waals surface area contributed by atoms with Crippen LogP contribution in [0.3, 0.4) is 0 Å². The third kappa shape index (κ3) is 2.28. The second kappa shape index (κ2) is 4.61. The summed E-state index contributed by atoms with van der Waals surface area (Å²) in [6.07, 6.45) is 0. The lowest BCUT2D eigenvalue weighted by molar-refractivity contribution is 0.101. The number of Topliss-reactive ketones (excluding diaryl/α,β-unsaturated/α-hetero) is 1. The standard InChI is InChI=1S/C10H14N4O2/c1-3-14(10(12)16)9-7(11)4-5-8(13-9)6(2)15/h4-5H,3,11H2,1-2H3,(H2,12,16). The van der Waals surface area contributed by atoms with Gasteiger partial charge in [-0.3, -0.25) is 9.69 Å². The lowest BCUT2D eigenvalue weighted by Gasteiger charge is -2.19. The highest BCUT2D eigenvalue weighted by Gasteiger charge is 2.16. The Morgan fingerprint density at radius 3 is 2.50 bits per heavy atom. The predicted molar refractivity (Wildman–Crippen MR) is 61.3 cm³/mol. The fourth-order valence-corrected chi connectivity index (χ4v) is 1.28. The number of carbonyl (C=O) groups excluding carboxylic acids is 2. The number of rotatable bonds is 3. The molecule has 0 aliphatic heterocycles. The zero-order valence-corrected chi connectivity index (χ0v) is 9.23. The maximum absolute atomic E-state index is 11.2. The molecule has 0 aliphatic rings. The summed E-state index contributed by atoms with van der Waals surface area (Å²) >= 11 is 0. The molecule has 2 amide bonds. The first kappa shape index (κ1) is 12.0. The van der Waals surface area contributed by atoms with Gasteiger partial charge in [0.05, 0.1) is 5.69 Å².